The molecule has 1 aromatic rings. The normalized spacial score (nSPS) is 21.9. The Balaban J connectivity index is 1.72. The van der Waals surface area contributed by atoms with Crippen molar-refractivity contribution in [2.75, 3.05) is 11.4 Å². The quantitative estimate of drug-likeness (QED) is 0.767. The van der Waals surface area contributed by atoms with Crippen LogP contribution in [-0.2, 0) is 9.59 Å². The molecule has 1 aliphatic carbocycles. The highest BCUT2D eigenvalue weighted by Gasteiger charge is 2.39. The highest BCUT2D eigenvalue weighted by Crippen LogP contribution is 2.29. The maximum Gasteiger partial charge on any atom is 0.251 e. The summed E-state index contributed by atoms with van der Waals surface area (Å²) in [5.74, 6) is -0.339. The first kappa shape index (κ1) is 13.8. The van der Waals surface area contributed by atoms with Gasteiger partial charge in [-0.15, -0.1) is 0 Å². The summed E-state index contributed by atoms with van der Waals surface area (Å²) in [6.07, 6.45) is 2.57. The van der Waals surface area contributed by atoms with Crippen LogP contribution < -0.4 is 16.0 Å². The summed E-state index contributed by atoms with van der Waals surface area (Å²) in [7, 11) is 0. The zero-order chi connectivity index (χ0) is 15.0. The summed E-state index contributed by atoms with van der Waals surface area (Å²) in [6, 6.07) is 5.74. The van der Waals surface area contributed by atoms with Gasteiger partial charge in [0.05, 0.1) is 18.2 Å². The smallest absolute Gasteiger partial charge is 0.251 e. The molecule has 1 unspecified atom stereocenters. The lowest BCUT2D eigenvalue weighted by atomic mass is 10.2. The number of nitrogens with zero attached hydrogens (tertiary/aromatic N) is 1. The average Bonchev–Trinajstić information content (AvgIpc) is 3.23. The molecule has 110 valence electrons. The standard InChI is InChI=1S/C15H17N3O3/c16-14(20)10-3-5-11(6-4-10)18-13(19)7-12(15(18)21)17-8-9-1-2-9/h3-6,9,12,17H,1-2,7-8H2,(H2,16,20). The molecule has 3 amide bonds. The summed E-state index contributed by atoms with van der Waals surface area (Å²) in [4.78, 5) is 36.6. The molecule has 0 bridgehead atoms. The van der Waals surface area contributed by atoms with Crippen molar-refractivity contribution < 1.29 is 14.4 Å². The van der Waals surface area contributed by atoms with Crippen LogP contribution in [-0.4, -0.2) is 30.3 Å². The van der Waals surface area contributed by atoms with Gasteiger partial charge in [-0.05, 0) is 49.6 Å². The summed E-state index contributed by atoms with van der Waals surface area (Å²) >= 11 is 0. The van der Waals surface area contributed by atoms with E-state index in [2.05, 4.69) is 5.32 Å². The van der Waals surface area contributed by atoms with Gasteiger partial charge < -0.3 is 11.1 Å². The van der Waals surface area contributed by atoms with E-state index in [1.165, 1.54) is 29.9 Å². The molecule has 1 aromatic carbocycles. The molecule has 1 heterocycles. The number of carbonyl (C=O) groups is 3. The van der Waals surface area contributed by atoms with Crippen molar-refractivity contribution in [1.82, 2.24) is 5.32 Å². The molecule has 0 spiro atoms. The van der Waals surface area contributed by atoms with Crippen LogP contribution in [0.15, 0.2) is 24.3 Å². The molecular formula is C15H17N3O3. The van der Waals surface area contributed by atoms with Gasteiger partial charge in [0.1, 0.15) is 0 Å². The van der Waals surface area contributed by atoms with Crippen LogP contribution in [0.1, 0.15) is 29.6 Å². The highest BCUT2D eigenvalue weighted by molar-refractivity contribution is 6.22. The minimum Gasteiger partial charge on any atom is -0.366 e. The maximum absolute atomic E-state index is 12.3. The molecule has 2 fully saturated rings. The molecule has 6 nitrogen and oxygen atoms in total. The first-order valence-electron chi connectivity index (χ1n) is 7.06. The second-order valence-electron chi connectivity index (χ2n) is 5.59. The third-order valence-corrected chi connectivity index (χ3v) is 3.91. The van der Waals surface area contributed by atoms with Gasteiger partial charge >= 0.3 is 0 Å². The first-order valence-corrected chi connectivity index (χ1v) is 7.06. The van der Waals surface area contributed by atoms with E-state index in [1.54, 1.807) is 12.1 Å². The van der Waals surface area contributed by atoms with Crippen molar-refractivity contribution in [2.24, 2.45) is 11.7 Å². The average molecular weight is 287 g/mol. The second kappa shape index (κ2) is 5.29. The highest BCUT2D eigenvalue weighted by atomic mass is 16.2. The van der Waals surface area contributed by atoms with Gasteiger partial charge in [0.15, 0.2) is 0 Å². The number of hydrogen-bond acceptors (Lipinski definition) is 4. The minimum atomic E-state index is -0.537. The third-order valence-electron chi connectivity index (χ3n) is 3.91. The minimum absolute atomic E-state index is 0.184. The van der Waals surface area contributed by atoms with E-state index in [0.29, 0.717) is 17.2 Å². The predicted molar refractivity (Wildman–Crippen MR) is 76.6 cm³/mol. The lowest BCUT2D eigenvalue weighted by Crippen LogP contribution is -2.39. The first-order chi connectivity index (χ1) is 10.1. The van der Waals surface area contributed by atoms with Crippen molar-refractivity contribution in [3.8, 4) is 0 Å². The van der Waals surface area contributed by atoms with E-state index >= 15 is 0 Å². The van der Waals surface area contributed by atoms with Gasteiger partial charge in [0.25, 0.3) is 5.91 Å². The molecule has 1 saturated heterocycles. The van der Waals surface area contributed by atoms with Crippen molar-refractivity contribution in [1.29, 1.82) is 0 Å². The molecule has 0 aromatic heterocycles. The van der Waals surface area contributed by atoms with Gasteiger partial charge in [-0.25, -0.2) is 4.90 Å². The molecule has 2 aliphatic rings. The summed E-state index contributed by atoms with van der Waals surface area (Å²) < 4.78 is 0. The lowest BCUT2D eigenvalue weighted by molar-refractivity contribution is -0.121. The number of nitrogens with two attached hydrogens (primary N) is 1. The Hall–Kier alpha value is -2.21. The second-order valence-corrected chi connectivity index (χ2v) is 5.59. The largest absolute Gasteiger partial charge is 0.366 e. The SMILES string of the molecule is NC(=O)c1ccc(N2C(=O)CC(NCC3CC3)C2=O)cc1. The molecule has 6 heteroatoms. The van der Waals surface area contributed by atoms with E-state index in [-0.39, 0.29) is 18.2 Å². The Kier molecular flexibility index (Phi) is 3.47. The molecular weight excluding hydrogens is 270 g/mol. The summed E-state index contributed by atoms with van der Waals surface area (Å²) in [6.45, 7) is 0.790. The Labute approximate surface area is 122 Å². The van der Waals surface area contributed by atoms with Crippen molar-refractivity contribution in [3.05, 3.63) is 29.8 Å². The predicted octanol–water partition coefficient (Wildman–Crippen LogP) is 0.417. The van der Waals surface area contributed by atoms with Gasteiger partial charge in [0.2, 0.25) is 11.8 Å². The molecule has 3 rings (SSSR count). The van der Waals surface area contributed by atoms with Gasteiger partial charge in [-0.3, -0.25) is 14.4 Å². The molecule has 1 saturated carbocycles. The number of anilines is 1. The van der Waals surface area contributed by atoms with Crippen LogP contribution in [0.25, 0.3) is 0 Å². The van der Waals surface area contributed by atoms with Crippen molar-refractivity contribution in [3.63, 3.8) is 0 Å². The number of primary amides is 1. The Bertz CT molecular complexity index is 593. The van der Waals surface area contributed by atoms with E-state index in [0.717, 1.165) is 6.54 Å². The monoisotopic (exact) mass is 287 g/mol. The summed E-state index contributed by atoms with van der Waals surface area (Å²) in [5, 5.41) is 3.17. The fourth-order valence-electron chi connectivity index (χ4n) is 2.47. The van der Waals surface area contributed by atoms with Crippen LogP contribution in [0.4, 0.5) is 5.69 Å². The van der Waals surface area contributed by atoms with E-state index in [1.807, 2.05) is 0 Å². The van der Waals surface area contributed by atoms with E-state index in [9.17, 15) is 14.4 Å². The topological polar surface area (TPSA) is 92.5 Å². The number of rotatable bonds is 5. The van der Waals surface area contributed by atoms with Gasteiger partial charge in [0, 0.05) is 5.56 Å². The Morgan fingerprint density at radius 3 is 2.48 bits per heavy atom. The Morgan fingerprint density at radius 2 is 1.90 bits per heavy atom. The van der Waals surface area contributed by atoms with Gasteiger partial charge in [-0.2, -0.15) is 0 Å². The number of nitrogens with one attached hydrogen (secondary N) is 1. The lowest BCUT2D eigenvalue weighted by Gasteiger charge is -2.15. The molecule has 1 atom stereocenters. The fourth-order valence-corrected chi connectivity index (χ4v) is 2.47. The van der Waals surface area contributed by atoms with Crippen molar-refractivity contribution in [2.45, 2.75) is 25.3 Å². The number of imide groups is 1. The van der Waals surface area contributed by atoms with Gasteiger partial charge in [-0.1, -0.05) is 0 Å². The van der Waals surface area contributed by atoms with Crippen LogP contribution >= 0.6 is 0 Å². The molecule has 21 heavy (non-hydrogen) atoms. The zero-order valence-corrected chi connectivity index (χ0v) is 11.5. The molecule has 0 radical (unpaired) electrons. The number of carbonyl (C=O) groups excluding carboxylic acids is 3. The van der Waals surface area contributed by atoms with Crippen LogP contribution in [0.5, 0.6) is 0 Å². The molecule has 3 N–H and O–H groups in total. The van der Waals surface area contributed by atoms with Crippen LogP contribution in [0.2, 0.25) is 0 Å². The summed E-state index contributed by atoms with van der Waals surface area (Å²) in [5.41, 5.74) is 6.00. The van der Waals surface area contributed by atoms with E-state index < -0.39 is 11.9 Å². The number of benzene rings is 1. The Morgan fingerprint density at radius 1 is 1.24 bits per heavy atom. The zero-order valence-electron chi connectivity index (χ0n) is 11.5. The van der Waals surface area contributed by atoms with E-state index in [4.69, 9.17) is 5.73 Å². The third kappa shape index (κ3) is 2.80. The number of amides is 3. The molecule has 1 aliphatic heterocycles. The fraction of sp³-hybridized carbons (Fsp3) is 0.400. The van der Waals surface area contributed by atoms with Crippen LogP contribution in [0, 0.1) is 5.92 Å². The van der Waals surface area contributed by atoms with Crippen LogP contribution in [0.3, 0.4) is 0 Å². The number of hydrogen-bond donors (Lipinski definition) is 2. The maximum atomic E-state index is 12.3. The van der Waals surface area contributed by atoms with Crippen molar-refractivity contribution >= 4 is 23.4 Å².